The third-order valence-electron chi connectivity index (χ3n) is 5.09. The van der Waals surface area contributed by atoms with Crippen LogP contribution in [0.15, 0.2) is 72.8 Å². The fourth-order valence-electron chi connectivity index (χ4n) is 3.41. The average Bonchev–Trinajstić information content (AvgIpc) is 2.80. The molecule has 3 aromatic carbocycles. The van der Waals surface area contributed by atoms with Gasteiger partial charge in [-0.3, -0.25) is 0 Å². The molecule has 32 heavy (non-hydrogen) atoms. The molecule has 0 aliphatic carbocycles. The number of aliphatic hydroxyl groups excluding tert-OH is 1. The maximum absolute atomic E-state index is 9.27. The molecule has 0 fully saturated rings. The molecule has 0 atom stereocenters. The van der Waals surface area contributed by atoms with Crippen molar-refractivity contribution in [2.24, 2.45) is 0 Å². The molecule has 4 aromatic rings. The van der Waals surface area contributed by atoms with Crippen LogP contribution >= 0.6 is 0 Å². The highest BCUT2D eigenvalue weighted by Gasteiger charge is 2.10. The van der Waals surface area contributed by atoms with Crippen LogP contribution in [0.2, 0.25) is 0 Å². The van der Waals surface area contributed by atoms with Crippen LogP contribution in [0, 0.1) is 6.92 Å². The van der Waals surface area contributed by atoms with Crippen molar-refractivity contribution in [3.8, 4) is 5.75 Å². The number of methoxy groups -OCH3 is 1. The number of hydrogen-bond acceptors (Lipinski definition) is 6. The van der Waals surface area contributed by atoms with E-state index >= 15 is 0 Å². The molecule has 0 amide bonds. The molecule has 1 aromatic heterocycles. The second kappa shape index (κ2) is 10.0. The number of rotatable bonds is 8. The minimum Gasteiger partial charge on any atom is -0.497 e. The fraction of sp³-hybridized carbons (Fsp3) is 0.192. The minimum atomic E-state index is 0.0304. The number of aromatic nitrogens is 3. The first-order valence-electron chi connectivity index (χ1n) is 10.5. The largest absolute Gasteiger partial charge is 0.497 e. The van der Waals surface area contributed by atoms with Crippen LogP contribution < -0.4 is 10.1 Å². The predicted octanol–water partition coefficient (Wildman–Crippen LogP) is 4.61. The first kappa shape index (κ1) is 21.5. The molecule has 0 aliphatic rings. The summed E-state index contributed by atoms with van der Waals surface area (Å²) in [5, 5.41) is 12.6. The number of benzene rings is 3. The number of aryl methyl sites for hydroxylation is 1. The Morgan fingerprint density at radius 2 is 1.38 bits per heavy atom. The normalized spacial score (nSPS) is 10.7. The van der Waals surface area contributed by atoms with E-state index in [0.717, 1.165) is 33.7 Å². The highest BCUT2D eigenvalue weighted by Crippen LogP contribution is 2.18. The molecule has 0 bridgehead atoms. The maximum Gasteiger partial charge on any atom is 0.230 e. The van der Waals surface area contributed by atoms with Crippen molar-refractivity contribution in [3.05, 3.63) is 107 Å². The Morgan fingerprint density at radius 3 is 1.94 bits per heavy atom. The third kappa shape index (κ3) is 5.68. The van der Waals surface area contributed by atoms with Gasteiger partial charge in [0.05, 0.1) is 13.7 Å². The van der Waals surface area contributed by atoms with Crippen LogP contribution in [0.1, 0.15) is 33.9 Å². The number of anilines is 2. The Kier molecular flexibility index (Phi) is 6.72. The Bertz CT molecular complexity index is 1110. The maximum atomic E-state index is 9.27. The quantitative estimate of drug-likeness (QED) is 0.428. The summed E-state index contributed by atoms with van der Waals surface area (Å²) in [6.07, 6.45) is 1.16. The average molecular weight is 427 g/mol. The second-order valence-corrected chi connectivity index (χ2v) is 7.66. The zero-order chi connectivity index (χ0) is 22.3. The number of aliphatic hydroxyl groups is 1. The number of nitrogens with zero attached hydrogens (tertiary/aromatic N) is 3. The molecule has 1 heterocycles. The Hall–Kier alpha value is -3.77. The van der Waals surface area contributed by atoms with Crippen LogP contribution in [-0.2, 0) is 19.4 Å². The zero-order valence-electron chi connectivity index (χ0n) is 18.2. The number of nitrogens with one attached hydrogen (secondary N) is 1. The van der Waals surface area contributed by atoms with E-state index in [0.29, 0.717) is 30.4 Å². The summed E-state index contributed by atoms with van der Waals surface area (Å²) in [5.41, 5.74) is 5.14. The first-order chi connectivity index (χ1) is 15.6. The van der Waals surface area contributed by atoms with Crippen molar-refractivity contribution in [1.82, 2.24) is 15.0 Å². The smallest absolute Gasteiger partial charge is 0.230 e. The standard InChI is InChI=1S/C26H26N4O2/c1-18-4-3-5-22(14-18)27-26-29-24(15-19-6-8-21(17-31)9-7-19)28-25(30-26)16-20-10-12-23(32-2)13-11-20/h3-14,31H,15-17H2,1-2H3,(H,27,28,29,30). The van der Waals surface area contributed by atoms with Gasteiger partial charge in [0.15, 0.2) is 0 Å². The van der Waals surface area contributed by atoms with Crippen molar-refractivity contribution in [2.75, 3.05) is 12.4 Å². The molecule has 2 N–H and O–H groups in total. The van der Waals surface area contributed by atoms with Crippen LogP contribution in [0.4, 0.5) is 11.6 Å². The molecule has 0 saturated carbocycles. The lowest BCUT2D eigenvalue weighted by atomic mass is 10.1. The summed E-state index contributed by atoms with van der Waals surface area (Å²) in [6.45, 7) is 2.08. The number of hydrogen-bond donors (Lipinski definition) is 2. The van der Waals surface area contributed by atoms with E-state index in [9.17, 15) is 5.11 Å². The highest BCUT2D eigenvalue weighted by atomic mass is 16.5. The van der Waals surface area contributed by atoms with Gasteiger partial charge in [-0.25, -0.2) is 4.98 Å². The van der Waals surface area contributed by atoms with E-state index < -0.39 is 0 Å². The molecule has 6 nitrogen and oxygen atoms in total. The Labute approximate surface area is 188 Å². The van der Waals surface area contributed by atoms with E-state index in [1.165, 1.54) is 0 Å². The van der Waals surface area contributed by atoms with Gasteiger partial charge >= 0.3 is 0 Å². The van der Waals surface area contributed by atoms with Gasteiger partial charge in [0.1, 0.15) is 17.4 Å². The van der Waals surface area contributed by atoms with Crippen molar-refractivity contribution >= 4 is 11.6 Å². The highest BCUT2D eigenvalue weighted by molar-refractivity contribution is 5.54. The van der Waals surface area contributed by atoms with E-state index in [1.807, 2.05) is 60.7 Å². The molecule has 0 radical (unpaired) electrons. The Morgan fingerprint density at radius 1 is 0.781 bits per heavy atom. The topological polar surface area (TPSA) is 80.2 Å². The molecule has 6 heteroatoms. The van der Waals surface area contributed by atoms with Crippen molar-refractivity contribution < 1.29 is 9.84 Å². The van der Waals surface area contributed by atoms with Crippen LogP contribution in [0.3, 0.4) is 0 Å². The summed E-state index contributed by atoms with van der Waals surface area (Å²) in [7, 11) is 1.66. The lowest BCUT2D eigenvalue weighted by Gasteiger charge is -2.10. The Balaban J connectivity index is 1.62. The molecule has 162 valence electrons. The third-order valence-corrected chi connectivity index (χ3v) is 5.09. The lowest BCUT2D eigenvalue weighted by Crippen LogP contribution is -2.09. The monoisotopic (exact) mass is 426 g/mol. The summed E-state index contributed by atoms with van der Waals surface area (Å²) in [5.74, 6) is 2.73. The summed E-state index contributed by atoms with van der Waals surface area (Å²) >= 11 is 0. The van der Waals surface area contributed by atoms with Gasteiger partial charge < -0.3 is 15.2 Å². The van der Waals surface area contributed by atoms with Crippen LogP contribution in [0.5, 0.6) is 5.75 Å². The SMILES string of the molecule is COc1ccc(Cc2nc(Cc3ccc(CO)cc3)nc(Nc3cccc(C)c3)n2)cc1. The van der Waals surface area contributed by atoms with E-state index in [2.05, 4.69) is 34.3 Å². The number of ether oxygens (including phenoxy) is 1. The second-order valence-electron chi connectivity index (χ2n) is 7.66. The van der Waals surface area contributed by atoms with Crippen molar-refractivity contribution in [1.29, 1.82) is 0 Å². The van der Waals surface area contributed by atoms with Gasteiger partial charge in [-0.15, -0.1) is 0 Å². The van der Waals surface area contributed by atoms with E-state index in [1.54, 1.807) is 7.11 Å². The predicted molar refractivity (Wildman–Crippen MR) is 125 cm³/mol. The van der Waals surface area contributed by atoms with Gasteiger partial charge in [-0.05, 0) is 53.4 Å². The molecule has 0 spiro atoms. The summed E-state index contributed by atoms with van der Waals surface area (Å²) in [4.78, 5) is 14.1. The molecule has 0 aliphatic heterocycles. The van der Waals surface area contributed by atoms with E-state index in [4.69, 9.17) is 9.72 Å². The van der Waals surface area contributed by atoms with E-state index in [-0.39, 0.29) is 6.61 Å². The first-order valence-corrected chi connectivity index (χ1v) is 10.5. The minimum absolute atomic E-state index is 0.0304. The van der Waals surface area contributed by atoms with Gasteiger partial charge in [-0.1, -0.05) is 48.5 Å². The molecular formula is C26H26N4O2. The lowest BCUT2D eigenvalue weighted by molar-refractivity contribution is 0.282. The van der Waals surface area contributed by atoms with Crippen molar-refractivity contribution in [2.45, 2.75) is 26.4 Å². The van der Waals surface area contributed by atoms with Gasteiger partial charge in [-0.2, -0.15) is 9.97 Å². The fourth-order valence-corrected chi connectivity index (χ4v) is 3.41. The zero-order valence-corrected chi connectivity index (χ0v) is 18.2. The summed E-state index contributed by atoms with van der Waals surface area (Å²) < 4.78 is 5.25. The van der Waals surface area contributed by atoms with Gasteiger partial charge in [0.2, 0.25) is 5.95 Å². The van der Waals surface area contributed by atoms with Gasteiger partial charge in [0.25, 0.3) is 0 Å². The molecule has 0 unspecified atom stereocenters. The molecule has 0 saturated heterocycles. The summed E-state index contributed by atoms with van der Waals surface area (Å²) in [6, 6.07) is 23.8. The van der Waals surface area contributed by atoms with Crippen molar-refractivity contribution in [3.63, 3.8) is 0 Å². The molecular weight excluding hydrogens is 400 g/mol. The van der Waals surface area contributed by atoms with Gasteiger partial charge in [0, 0.05) is 18.5 Å². The van der Waals surface area contributed by atoms with Crippen LogP contribution in [0.25, 0.3) is 0 Å². The molecule has 4 rings (SSSR count). The van der Waals surface area contributed by atoms with Crippen LogP contribution in [-0.4, -0.2) is 27.2 Å².